The molecule has 1 unspecified atom stereocenters. The van der Waals surface area contributed by atoms with Gasteiger partial charge in [0.15, 0.2) is 0 Å². The molecule has 1 rings (SSSR count). The number of unbranched alkanes of at least 4 members (excludes halogenated alkanes) is 7. The molecule has 1 N–H and O–H groups in total. The highest BCUT2D eigenvalue weighted by Crippen LogP contribution is 2.31. The van der Waals surface area contributed by atoms with Crippen LogP contribution in [-0.4, -0.2) is 16.0 Å². The average molecular weight is 321 g/mol. The summed E-state index contributed by atoms with van der Waals surface area (Å²) < 4.78 is 0. The first-order valence-electron chi connectivity index (χ1n) is 8.49. The molecule has 1 aromatic carbocycles. The van der Waals surface area contributed by atoms with Gasteiger partial charge in [0.2, 0.25) is 0 Å². The van der Waals surface area contributed by atoms with Gasteiger partial charge in [0.1, 0.15) is 0 Å². The minimum Gasteiger partial charge on any atom is -0.476 e. The van der Waals surface area contributed by atoms with Gasteiger partial charge in [0, 0.05) is 16.9 Å². The zero-order chi connectivity index (χ0) is 17.1. The molecule has 0 saturated carbocycles. The summed E-state index contributed by atoms with van der Waals surface area (Å²) in [4.78, 5) is 22.5. The van der Waals surface area contributed by atoms with Crippen molar-refractivity contribution in [2.45, 2.75) is 70.3 Å². The fraction of sp³-hybridized carbons (Fsp3) is 0.611. The first-order chi connectivity index (χ1) is 11.1. The molecule has 1 aromatic rings. The maximum Gasteiger partial charge on any atom is 0.387 e. The number of hydrogen-bond donors (Lipinski definition) is 1. The number of carboxylic acids is 1. The summed E-state index contributed by atoms with van der Waals surface area (Å²) in [6.45, 7) is 2.17. The van der Waals surface area contributed by atoms with Crippen LogP contribution in [0.15, 0.2) is 30.3 Å². The van der Waals surface area contributed by atoms with E-state index in [1.54, 1.807) is 18.2 Å². The Kier molecular flexibility index (Phi) is 8.30. The van der Waals surface area contributed by atoms with Crippen molar-refractivity contribution in [3.63, 3.8) is 0 Å². The smallest absolute Gasteiger partial charge is 0.387 e. The lowest BCUT2D eigenvalue weighted by atomic mass is 9.85. The van der Waals surface area contributed by atoms with Crippen LogP contribution in [-0.2, 0) is 10.3 Å². The van der Waals surface area contributed by atoms with Crippen LogP contribution in [0.5, 0.6) is 0 Å². The summed E-state index contributed by atoms with van der Waals surface area (Å²) in [7, 11) is 0. The van der Waals surface area contributed by atoms with Crippen molar-refractivity contribution in [2.75, 3.05) is 0 Å². The standard InChI is InChI=1S/C18H27NO4/c1-2-3-4-5-6-7-8-12-15-18(17(20)21,19(22)23)16-13-10-9-11-14-16/h9-11,13-14H,2-8,12,15H2,1H3,(H,20,21). The molecule has 0 aromatic heterocycles. The van der Waals surface area contributed by atoms with Crippen molar-refractivity contribution in [1.82, 2.24) is 0 Å². The summed E-state index contributed by atoms with van der Waals surface area (Å²) >= 11 is 0. The fourth-order valence-electron chi connectivity index (χ4n) is 2.88. The molecular weight excluding hydrogens is 294 g/mol. The molecule has 0 heterocycles. The van der Waals surface area contributed by atoms with Gasteiger partial charge in [-0.25, -0.2) is 4.79 Å². The molecule has 0 aliphatic heterocycles. The van der Waals surface area contributed by atoms with Crippen LogP contribution in [0.25, 0.3) is 0 Å². The summed E-state index contributed by atoms with van der Waals surface area (Å²) in [5.41, 5.74) is -1.77. The van der Waals surface area contributed by atoms with Crippen LogP contribution >= 0.6 is 0 Å². The third-order valence-corrected chi connectivity index (χ3v) is 4.31. The van der Waals surface area contributed by atoms with Gasteiger partial charge in [0.05, 0.1) is 0 Å². The number of benzene rings is 1. The van der Waals surface area contributed by atoms with E-state index in [0.29, 0.717) is 6.42 Å². The average Bonchev–Trinajstić information content (AvgIpc) is 2.54. The van der Waals surface area contributed by atoms with Crippen LogP contribution < -0.4 is 0 Å². The topological polar surface area (TPSA) is 80.4 Å². The minimum absolute atomic E-state index is 0.0360. The lowest BCUT2D eigenvalue weighted by Gasteiger charge is -2.21. The Hall–Kier alpha value is -1.91. The minimum atomic E-state index is -2.02. The van der Waals surface area contributed by atoms with Gasteiger partial charge in [-0.05, 0) is 6.42 Å². The predicted octanol–water partition coefficient (Wildman–Crippen LogP) is 4.77. The van der Waals surface area contributed by atoms with E-state index in [-0.39, 0.29) is 12.0 Å². The van der Waals surface area contributed by atoms with Gasteiger partial charge < -0.3 is 5.11 Å². The molecule has 0 spiro atoms. The molecule has 0 aliphatic carbocycles. The zero-order valence-electron chi connectivity index (χ0n) is 13.9. The number of carbonyl (C=O) groups is 1. The molecule has 0 bridgehead atoms. The summed E-state index contributed by atoms with van der Waals surface area (Å²) in [5, 5.41) is 21.0. The van der Waals surface area contributed by atoms with Gasteiger partial charge in [-0.3, -0.25) is 10.1 Å². The number of rotatable bonds is 12. The third kappa shape index (κ3) is 5.34. The van der Waals surface area contributed by atoms with E-state index in [4.69, 9.17) is 0 Å². The van der Waals surface area contributed by atoms with Crippen LogP contribution in [0.1, 0.15) is 70.3 Å². The number of aliphatic carboxylic acids is 1. The Morgan fingerprint density at radius 2 is 1.57 bits per heavy atom. The Labute approximate surface area is 137 Å². The fourth-order valence-corrected chi connectivity index (χ4v) is 2.88. The van der Waals surface area contributed by atoms with Gasteiger partial charge in [-0.1, -0.05) is 82.2 Å². The quantitative estimate of drug-likeness (QED) is 0.341. The van der Waals surface area contributed by atoms with E-state index in [2.05, 4.69) is 6.92 Å². The summed E-state index contributed by atoms with van der Waals surface area (Å²) in [5.74, 6) is -1.38. The maximum atomic E-state index is 11.7. The van der Waals surface area contributed by atoms with Crippen LogP contribution in [0.4, 0.5) is 0 Å². The van der Waals surface area contributed by atoms with E-state index in [1.165, 1.54) is 37.8 Å². The third-order valence-electron chi connectivity index (χ3n) is 4.31. The molecule has 0 amide bonds. The van der Waals surface area contributed by atoms with Crippen molar-refractivity contribution in [3.8, 4) is 0 Å². The van der Waals surface area contributed by atoms with Gasteiger partial charge in [-0.15, -0.1) is 0 Å². The van der Waals surface area contributed by atoms with Crippen molar-refractivity contribution in [2.24, 2.45) is 0 Å². The van der Waals surface area contributed by atoms with E-state index >= 15 is 0 Å². The van der Waals surface area contributed by atoms with Crippen LogP contribution in [0.3, 0.4) is 0 Å². The van der Waals surface area contributed by atoms with Crippen molar-refractivity contribution >= 4 is 5.97 Å². The Balaban J connectivity index is 2.59. The Morgan fingerprint density at radius 1 is 1.04 bits per heavy atom. The zero-order valence-corrected chi connectivity index (χ0v) is 13.9. The number of nitro groups is 1. The molecule has 0 radical (unpaired) electrons. The second kappa shape index (κ2) is 9.98. The van der Waals surface area contributed by atoms with E-state index < -0.39 is 16.4 Å². The Bertz CT molecular complexity index is 473. The van der Waals surface area contributed by atoms with Gasteiger partial charge in [0.25, 0.3) is 0 Å². The second-order valence-corrected chi connectivity index (χ2v) is 6.01. The summed E-state index contributed by atoms with van der Waals surface area (Å²) in [6, 6.07) is 8.07. The normalized spacial score (nSPS) is 13.4. The highest BCUT2D eigenvalue weighted by molar-refractivity contribution is 5.79. The van der Waals surface area contributed by atoms with E-state index in [9.17, 15) is 20.0 Å². The molecule has 23 heavy (non-hydrogen) atoms. The second-order valence-electron chi connectivity index (χ2n) is 6.01. The van der Waals surface area contributed by atoms with Crippen LogP contribution in [0, 0.1) is 10.1 Å². The molecule has 1 atom stereocenters. The number of hydrogen-bond acceptors (Lipinski definition) is 3. The number of nitrogens with zero attached hydrogens (tertiary/aromatic N) is 1. The molecule has 0 fully saturated rings. The first kappa shape index (κ1) is 19.1. The highest BCUT2D eigenvalue weighted by atomic mass is 16.6. The molecule has 5 nitrogen and oxygen atoms in total. The summed E-state index contributed by atoms with van der Waals surface area (Å²) in [6.07, 6.45) is 8.42. The first-order valence-corrected chi connectivity index (χ1v) is 8.49. The number of carboxylic acid groups (broad SMARTS) is 1. The predicted molar refractivity (Wildman–Crippen MR) is 90.0 cm³/mol. The maximum absolute atomic E-state index is 11.7. The van der Waals surface area contributed by atoms with Crippen LogP contribution in [0.2, 0.25) is 0 Å². The Morgan fingerprint density at radius 3 is 2.04 bits per heavy atom. The SMILES string of the molecule is CCCCCCCCCCC(C(=O)O)(c1ccccc1)[N+](=O)[O-]. The van der Waals surface area contributed by atoms with Crippen molar-refractivity contribution in [1.29, 1.82) is 0 Å². The van der Waals surface area contributed by atoms with Crippen molar-refractivity contribution in [3.05, 3.63) is 46.0 Å². The van der Waals surface area contributed by atoms with E-state index in [1.807, 2.05) is 0 Å². The van der Waals surface area contributed by atoms with Gasteiger partial charge in [-0.2, -0.15) is 0 Å². The monoisotopic (exact) mass is 321 g/mol. The highest BCUT2D eigenvalue weighted by Gasteiger charge is 2.52. The van der Waals surface area contributed by atoms with Gasteiger partial charge >= 0.3 is 11.5 Å². The molecule has 0 aliphatic rings. The van der Waals surface area contributed by atoms with Crippen molar-refractivity contribution < 1.29 is 14.8 Å². The molecule has 5 heteroatoms. The lowest BCUT2D eigenvalue weighted by Crippen LogP contribution is -2.43. The largest absolute Gasteiger partial charge is 0.476 e. The molecule has 128 valence electrons. The van der Waals surface area contributed by atoms with E-state index in [0.717, 1.165) is 19.3 Å². The molecular formula is C18H27NO4. The molecule has 0 saturated heterocycles. The lowest BCUT2D eigenvalue weighted by molar-refractivity contribution is -0.565.